The van der Waals surface area contributed by atoms with Crippen molar-refractivity contribution in [2.45, 2.75) is 15.5 Å². The molecule has 0 spiro atoms. The maximum Gasteiger partial charge on any atom is 0.182 e. The summed E-state index contributed by atoms with van der Waals surface area (Å²) in [6, 6.07) is 22.4. The van der Waals surface area contributed by atoms with Gasteiger partial charge in [-0.2, -0.15) is 0 Å². The van der Waals surface area contributed by atoms with E-state index in [1.807, 2.05) is 30.3 Å². The van der Waals surface area contributed by atoms with Crippen LogP contribution in [0.15, 0.2) is 88.7 Å². The highest BCUT2D eigenvalue weighted by molar-refractivity contribution is 7.91. The van der Waals surface area contributed by atoms with Crippen molar-refractivity contribution in [2.75, 3.05) is 6.26 Å². The van der Waals surface area contributed by atoms with E-state index in [2.05, 4.69) is 0 Å². The molecule has 134 valence electrons. The van der Waals surface area contributed by atoms with Gasteiger partial charge in [-0.25, -0.2) is 16.8 Å². The quantitative estimate of drug-likeness (QED) is 0.670. The summed E-state index contributed by atoms with van der Waals surface area (Å²) in [6.45, 7) is 0. The van der Waals surface area contributed by atoms with Crippen LogP contribution in [0.3, 0.4) is 0 Å². The summed E-state index contributed by atoms with van der Waals surface area (Å²) in [4.78, 5) is 0.412. The summed E-state index contributed by atoms with van der Waals surface area (Å²) in [5.74, 6) is -0.179. The smallest absolute Gasteiger partial charge is 0.182 e. The summed E-state index contributed by atoms with van der Waals surface area (Å²) >= 11 is 0. The van der Waals surface area contributed by atoms with Crippen LogP contribution in [0, 0.1) is 0 Å². The molecule has 0 bridgehead atoms. The SMILES string of the molecule is CS(=O)(=O)c1ccc(CS(=O)(=O)c2ccc(-c3ccccc3)cc2)cc1. The zero-order chi connectivity index (χ0) is 18.8. The second-order valence-corrected chi connectivity index (χ2v) is 10.1. The van der Waals surface area contributed by atoms with Crippen LogP contribution in [0.25, 0.3) is 11.1 Å². The highest BCUT2D eigenvalue weighted by Crippen LogP contribution is 2.23. The van der Waals surface area contributed by atoms with Gasteiger partial charge in [-0.3, -0.25) is 0 Å². The highest BCUT2D eigenvalue weighted by atomic mass is 32.2. The lowest BCUT2D eigenvalue weighted by molar-refractivity contribution is 0.595. The van der Waals surface area contributed by atoms with Gasteiger partial charge in [-0.05, 0) is 41.0 Å². The van der Waals surface area contributed by atoms with Gasteiger partial charge in [0.05, 0.1) is 15.5 Å². The van der Waals surface area contributed by atoms with E-state index in [9.17, 15) is 16.8 Å². The fraction of sp³-hybridized carbons (Fsp3) is 0.100. The Kier molecular flexibility index (Phi) is 4.98. The fourth-order valence-electron chi connectivity index (χ4n) is 2.62. The summed E-state index contributed by atoms with van der Waals surface area (Å²) in [7, 11) is -6.81. The Morgan fingerprint density at radius 3 is 1.65 bits per heavy atom. The van der Waals surface area contributed by atoms with E-state index in [0.29, 0.717) is 5.56 Å². The van der Waals surface area contributed by atoms with Crippen LogP contribution in [0.2, 0.25) is 0 Å². The lowest BCUT2D eigenvalue weighted by Gasteiger charge is -2.07. The van der Waals surface area contributed by atoms with E-state index in [4.69, 9.17) is 0 Å². The van der Waals surface area contributed by atoms with Gasteiger partial charge in [0.25, 0.3) is 0 Å². The molecule has 0 saturated carbocycles. The molecule has 26 heavy (non-hydrogen) atoms. The molecule has 0 radical (unpaired) electrons. The molecular formula is C20H18O4S2. The molecule has 0 aliphatic rings. The van der Waals surface area contributed by atoms with E-state index in [-0.39, 0.29) is 15.5 Å². The Morgan fingerprint density at radius 1 is 0.615 bits per heavy atom. The summed E-state index contributed by atoms with van der Waals surface area (Å²) < 4.78 is 48.2. The third-order valence-corrected chi connectivity index (χ3v) is 6.86. The molecule has 0 atom stereocenters. The number of sulfone groups is 2. The van der Waals surface area contributed by atoms with Crippen molar-refractivity contribution in [2.24, 2.45) is 0 Å². The van der Waals surface area contributed by atoms with Crippen molar-refractivity contribution >= 4 is 19.7 Å². The Hall–Kier alpha value is -2.44. The first-order chi connectivity index (χ1) is 12.3. The van der Waals surface area contributed by atoms with Gasteiger partial charge in [0.1, 0.15) is 0 Å². The minimum Gasteiger partial charge on any atom is -0.224 e. The third-order valence-electron chi connectivity index (χ3n) is 4.03. The van der Waals surface area contributed by atoms with Crippen molar-refractivity contribution in [1.29, 1.82) is 0 Å². The van der Waals surface area contributed by atoms with Crippen LogP contribution in [-0.4, -0.2) is 23.1 Å². The number of hydrogen-bond acceptors (Lipinski definition) is 4. The number of rotatable bonds is 5. The molecular weight excluding hydrogens is 368 g/mol. The van der Waals surface area contributed by atoms with Crippen molar-refractivity contribution in [1.82, 2.24) is 0 Å². The van der Waals surface area contributed by atoms with Gasteiger partial charge in [0.15, 0.2) is 19.7 Å². The zero-order valence-electron chi connectivity index (χ0n) is 14.2. The summed E-state index contributed by atoms with van der Waals surface area (Å²) in [5, 5.41) is 0. The second kappa shape index (κ2) is 7.05. The molecule has 0 heterocycles. The molecule has 3 aromatic rings. The normalized spacial score (nSPS) is 12.0. The monoisotopic (exact) mass is 386 g/mol. The van der Waals surface area contributed by atoms with Crippen LogP contribution in [0.1, 0.15) is 5.56 Å². The minimum absolute atomic E-state index is 0.172. The lowest BCUT2D eigenvalue weighted by atomic mass is 10.1. The van der Waals surface area contributed by atoms with Crippen LogP contribution in [0.5, 0.6) is 0 Å². The molecule has 4 nitrogen and oxygen atoms in total. The topological polar surface area (TPSA) is 68.3 Å². The number of benzene rings is 3. The van der Waals surface area contributed by atoms with Gasteiger partial charge >= 0.3 is 0 Å². The highest BCUT2D eigenvalue weighted by Gasteiger charge is 2.16. The Bertz CT molecular complexity index is 1100. The maximum absolute atomic E-state index is 12.6. The fourth-order valence-corrected chi connectivity index (χ4v) is 4.60. The maximum atomic E-state index is 12.6. The first-order valence-electron chi connectivity index (χ1n) is 7.93. The first-order valence-corrected chi connectivity index (χ1v) is 11.5. The van der Waals surface area contributed by atoms with Gasteiger partial charge in [-0.1, -0.05) is 54.6 Å². The van der Waals surface area contributed by atoms with Crippen LogP contribution in [-0.2, 0) is 25.4 Å². The van der Waals surface area contributed by atoms with Gasteiger partial charge in [0, 0.05) is 6.26 Å². The number of hydrogen-bond donors (Lipinski definition) is 0. The van der Waals surface area contributed by atoms with E-state index < -0.39 is 19.7 Å². The molecule has 0 aromatic heterocycles. The Balaban J connectivity index is 1.82. The molecule has 0 aliphatic carbocycles. The lowest BCUT2D eigenvalue weighted by Crippen LogP contribution is -2.05. The average Bonchev–Trinajstić information content (AvgIpc) is 2.62. The zero-order valence-corrected chi connectivity index (χ0v) is 15.8. The average molecular weight is 386 g/mol. The molecule has 0 aliphatic heterocycles. The largest absolute Gasteiger partial charge is 0.224 e. The van der Waals surface area contributed by atoms with Crippen molar-refractivity contribution in [3.63, 3.8) is 0 Å². The summed E-state index contributed by atoms with van der Waals surface area (Å²) in [6.07, 6.45) is 1.12. The molecule has 0 unspecified atom stereocenters. The molecule has 0 amide bonds. The first kappa shape index (κ1) is 18.4. The Labute approximate surface area is 154 Å². The standard InChI is InChI=1S/C20H18O4S2/c1-25(21,22)19-11-7-16(8-12-19)15-26(23,24)20-13-9-18(10-14-20)17-5-3-2-4-6-17/h2-14H,15H2,1H3. The predicted octanol–water partition coefficient (Wildman–Crippen LogP) is 3.73. The minimum atomic E-state index is -3.51. The van der Waals surface area contributed by atoms with Crippen LogP contribution in [0.4, 0.5) is 0 Å². The summed E-state index contributed by atoms with van der Waals surface area (Å²) in [5.41, 5.74) is 2.51. The van der Waals surface area contributed by atoms with Gasteiger partial charge in [0.2, 0.25) is 0 Å². The predicted molar refractivity (Wildman–Crippen MR) is 102 cm³/mol. The van der Waals surface area contributed by atoms with Crippen molar-refractivity contribution in [3.8, 4) is 11.1 Å². The van der Waals surface area contributed by atoms with Crippen LogP contribution < -0.4 is 0 Å². The molecule has 3 aromatic carbocycles. The van der Waals surface area contributed by atoms with Crippen LogP contribution >= 0.6 is 0 Å². The van der Waals surface area contributed by atoms with Gasteiger partial charge in [-0.15, -0.1) is 0 Å². The molecule has 0 saturated heterocycles. The molecule has 0 fully saturated rings. The Morgan fingerprint density at radius 2 is 1.12 bits per heavy atom. The molecule has 3 rings (SSSR count). The third kappa shape index (κ3) is 4.20. The van der Waals surface area contributed by atoms with Gasteiger partial charge < -0.3 is 0 Å². The van der Waals surface area contributed by atoms with Crippen molar-refractivity contribution < 1.29 is 16.8 Å². The van der Waals surface area contributed by atoms with E-state index in [1.165, 1.54) is 24.3 Å². The second-order valence-electron chi connectivity index (χ2n) is 6.07. The van der Waals surface area contributed by atoms with Crippen molar-refractivity contribution in [3.05, 3.63) is 84.4 Å². The van der Waals surface area contributed by atoms with E-state index in [1.54, 1.807) is 24.3 Å². The van der Waals surface area contributed by atoms with E-state index in [0.717, 1.165) is 17.4 Å². The van der Waals surface area contributed by atoms with E-state index >= 15 is 0 Å². The molecule has 0 N–H and O–H groups in total. The molecule has 6 heteroatoms.